The van der Waals surface area contributed by atoms with Gasteiger partial charge in [-0.05, 0) is 6.92 Å². The summed E-state index contributed by atoms with van der Waals surface area (Å²) in [6, 6.07) is 0. The molecule has 12 heavy (non-hydrogen) atoms. The van der Waals surface area contributed by atoms with Gasteiger partial charge in [-0.1, -0.05) is 0 Å². The van der Waals surface area contributed by atoms with Gasteiger partial charge in [0.1, 0.15) is 18.1 Å². The molecule has 1 rings (SSSR count). The molecule has 1 aliphatic rings. The molecule has 70 valence electrons. The van der Waals surface area contributed by atoms with E-state index in [4.69, 9.17) is 0 Å². The summed E-state index contributed by atoms with van der Waals surface area (Å²) >= 11 is 0. The first-order valence-corrected chi connectivity index (χ1v) is 3.34. The molecule has 3 atom stereocenters. The third-order valence-corrected chi connectivity index (χ3v) is 2.24. The lowest BCUT2D eigenvalue weighted by Gasteiger charge is -2.06. The van der Waals surface area contributed by atoms with Crippen molar-refractivity contribution in [1.82, 2.24) is 0 Å². The number of hydrogen-bond donors (Lipinski definition) is 1. The Hall–Kier alpha value is -0.550. The van der Waals surface area contributed by atoms with Crippen LogP contribution in [0.5, 0.6) is 0 Å². The number of halogens is 3. The van der Waals surface area contributed by atoms with E-state index < -0.39 is 23.2 Å². The first kappa shape index (κ1) is 9.54. The van der Waals surface area contributed by atoms with Crippen molar-refractivity contribution in [2.24, 2.45) is 5.92 Å². The topological polar surface area (TPSA) is 29.5 Å². The number of ether oxygens (including phenoxy) is 1. The number of alkyl halides is 1. The lowest BCUT2D eigenvalue weighted by atomic mass is 10.3. The summed E-state index contributed by atoms with van der Waals surface area (Å²) in [5, 5.41) is 9.18. The molecule has 5 heteroatoms. The van der Waals surface area contributed by atoms with E-state index >= 15 is 0 Å². The van der Waals surface area contributed by atoms with Crippen molar-refractivity contribution in [3.8, 4) is 0 Å². The molecular formula is C7H9F3O2. The van der Waals surface area contributed by atoms with Crippen LogP contribution in [0.4, 0.5) is 13.2 Å². The molecular weight excluding hydrogens is 173 g/mol. The maximum atomic E-state index is 13.1. The predicted molar refractivity (Wildman–Crippen MR) is 35.3 cm³/mol. The van der Waals surface area contributed by atoms with Gasteiger partial charge in [0.15, 0.2) is 5.67 Å². The van der Waals surface area contributed by atoms with Crippen LogP contribution >= 0.6 is 0 Å². The Kier molecular flexibility index (Phi) is 1.96. The standard InChI is InChI=1S/C7H9F3O2/c1-6(10)5(4(9)3-8)7(6,11)12-2/h3,5,11H,1-2H3/b4-3-/t5-,6+,7?/m1/s1. The van der Waals surface area contributed by atoms with Gasteiger partial charge in [0, 0.05) is 7.11 Å². The molecule has 0 aliphatic heterocycles. The van der Waals surface area contributed by atoms with Crippen LogP contribution < -0.4 is 0 Å². The molecule has 1 N–H and O–H groups in total. The van der Waals surface area contributed by atoms with Crippen molar-refractivity contribution in [3.05, 3.63) is 12.2 Å². The fourth-order valence-electron chi connectivity index (χ4n) is 1.36. The molecule has 2 nitrogen and oxygen atoms in total. The van der Waals surface area contributed by atoms with Crippen LogP contribution in [-0.4, -0.2) is 23.7 Å². The second-order valence-corrected chi connectivity index (χ2v) is 2.90. The Labute approximate surface area is 67.6 Å². The minimum absolute atomic E-state index is 0.376. The Balaban J connectivity index is 2.87. The van der Waals surface area contributed by atoms with Crippen LogP contribution in [0.15, 0.2) is 12.2 Å². The van der Waals surface area contributed by atoms with Crippen molar-refractivity contribution >= 4 is 0 Å². The molecule has 0 heterocycles. The van der Waals surface area contributed by atoms with E-state index in [1.807, 2.05) is 0 Å². The van der Waals surface area contributed by atoms with Crippen molar-refractivity contribution in [2.75, 3.05) is 7.11 Å². The molecule has 1 fully saturated rings. The van der Waals surface area contributed by atoms with Gasteiger partial charge >= 0.3 is 0 Å². The van der Waals surface area contributed by atoms with Crippen molar-refractivity contribution in [1.29, 1.82) is 0 Å². The Morgan fingerprint density at radius 1 is 1.67 bits per heavy atom. The first-order valence-electron chi connectivity index (χ1n) is 3.34. The maximum absolute atomic E-state index is 13.1. The molecule has 0 aromatic carbocycles. The highest BCUT2D eigenvalue weighted by molar-refractivity contribution is 5.28. The number of methoxy groups -OCH3 is 1. The molecule has 0 saturated heterocycles. The second-order valence-electron chi connectivity index (χ2n) is 2.90. The van der Waals surface area contributed by atoms with Gasteiger partial charge in [-0.25, -0.2) is 13.2 Å². The molecule has 0 amide bonds. The van der Waals surface area contributed by atoms with Crippen molar-refractivity contribution in [3.63, 3.8) is 0 Å². The average Bonchev–Trinajstić information content (AvgIpc) is 2.46. The molecule has 0 spiro atoms. The van der Waals surface area contributed by atoms with Gasteiger partial charge in [0.2, 0.25) is 5.79 Å². The van der Waals surface area contributed by atoms with Crippen LogP contribution in [0.1, 0.15) is 6.92 Å². The highest BCUT2D eigenvalue weighted by Crippen LogP contribution is 2.61. The van der Waals surface area contributed by atoms with E-state index in [0.717, 1.165) is 14.0 Å². The normalized spacial score (nSPS) is 47.8. The van der Waals surface area contributed by atoms with Crippen LogP contribution in [0.25, 0.3) is 0 Å². The van der Waals surface area contributed by atoms with Gasteiger partial charge < -0.3 is 9.84 Å². The lowest BCUT2D eigenvalue weighted by molar-refractivity contribution is -0.139. The van der Waals surface area contributed by atoms with Gasteiger partial charge in [-0.2, -0.15) is 0 Å². The zero-order valence-electron chi connectivity index (χ0n) is 6.64. The van der Waals surface area contributed by atoms with E-state index in [2.05, 4.69) is 4.74 Å². The van der Waals surface area contributed by atoms with Gasteiger partial charge in [-0.15, -0.1) is 0 Å². The zero-order chi connectivity index (χ0) is 9.57. The summed E-state index contributed by atoms with van der Waals surface area (Å²) in [4.78, 5) is 0. The third kappa shape index (κ3) is 0.895. The molecule has 0 bridgehead atoms. The Morgan fingerprint density at radius 2 is 2.17 bits per heavy atom. The quantitative estimate of drug-likeness (QED) is 0.655. The van der Waals surface area contributed by atoms with E-state index in [0.29, 0.717) is 0 Å². The number of aliphatic hydroxyl groups is 1. The predicted octanol–water partition coefficient (Wildman–Crippen LogP) is 1.46. The molecule has 0 aromatic heterocycles. The molecule has 1 unspecified atom stereocenters. The van der Waals surface area contributed by atoms with Crippen LogP contribution in [0.2, 0.25) is 0 Å². The minimum atomic E-state index is -2.26. The Morgan fingerprint density at radius 3 is 2.42 bits per heavy atom. The highest BCUT2D eigenvalue weighted by Gasteiger charge is 2.79. The van der Waals surface area contributed by atoms with E-state index in [1.54, 1.807) is 0 Å². The summed E-state index contributed by atoms with van der Waals surface area (Å²) in [7, 11) is 1.03. The van der Waals surface area contributed by atoms with Gasteiger partial charge in [-0.3, -0.25) is 0 Å². The number of rotatable bonds is 2. The van der Waals surface area contributed by atoms with E-state index in [-0.39, 0.29) is 6.33 Å². The Bertz CT molecular complexity index is 227. The van der Waals surface area contributed by atoms with Crippen LogP contribution in [0, 0.1) is 5.92 Å². The van der Waals surface area contributed by atoms with Gasteiger partial charge in [0.05, 0.1) is 0 Å². The smallest absolute Gasteiger partial charge is 0.213 e. The summed E-state index contributed by atoms with van der Waals surface area (Å²) < 4.78 is 41.6. The molecule has 0 radical (unpaired) electrons. The van der Waals surface area contributed by atoms with E-state index in [1.165, 1.54) is 0 Å². The number of hydrogen-bond acceptors (Lipinski definition) is 2. The SMILES string of the molecule is COC1(O)[C@H](/C(F)=C/F)[C@]1(C)F. The van der Waals surface area contributed by atoms with Crippen molar-refractivity contribution < 1.29 is 23.0 Å². The summed E-state index contributed by atoms with van der Waals surface area (Å²) in [6.07, 6.45) is -0.376. The molecule has 1 saturated carbocycles. The third-order valence-electron chi connectivity index (χ3n) is 2.24. The molecule has 0 aromatic rings. The van der Waals surface area contributed by atoms with E-state index in [9.17, 15) is 18.3 Å². The highest BCUT2D eigenvalue weighted by atomic mass is 19.2. The van der Waals surface area contributed by atoms with Crippen molar-refractivity contribution in [2.45, 2.75) is 18.4 Å². The van der Waals surface area contributed by atoms with Crippen LogP contribution in [0.3, 0.4) is 0 Å². The summed E-state index contributed by atoms with van der Waals surface area (Å²) in [5.74, 6) is -5.12. The summed E-state index contributed by atoms with van der Waals surface area (Å²) in [6.45, 7) is 0.949. The van der Waals surface area contributed by atoms with Crippen LogP contribution in [-0.2, 0) is 4.74 Å². The van der Waals surface area contributed by atoms with Gasteiger partial charge in [0.25, 0.3) is 0 Å². The largest absolute Gasteiger partial charge is 0.362 e. The fourth-order valence-corrected chi connectivity index (χ4v) is 1.36. The zero-order valence-corrected chi connectivity index (χ0v) is 6.64. The molecule has 1 aliphatic carbocycles. The summed E-state index contributed by atoms with van der Waals surface area (Å²) in [5.41, 5.74) is -2.26. The fraction of sp³-hybridized carbons (Fsp3) is 0.714. The minimum Gasteiger partial charge on any atom is -0.362 e. The first-order chi connectivity index (χ1) is 5.41. The lowest BCUT2D eigenvalue weighted by Crippen LogP contribution is -2.21. The average molecular weight is 182 g/mol. The second kappa shape index (κ2) is 2.47. The maximum Gasteiger partial charge on any atom is 0.213 e. The monoisotopic (exact) mass is 182 g/mol.